The van der Waals surface area contributed by atoms with Gasteiger partial charge in [0, 0.05) is 43.2 Å². The highest BCUT2D eigenvalue weighted by atomic mass is 32.2. The van der Waals surface area contributed by atoms with Crippen molar-refractivity contribution < 1.29 is 27.9 Å². The van der Waals surface area contributed by atoms with Crippen molar-refractivity contribution in [1.29, 1.82) is 0 Å². The first kappa shape index (κ1) is 40.9. The van der Waals surface area contributed by atoms with Crippen molar-refractivity contribution in [2.45, 2.75) is 151 Å². The van der Waals surface area contributed by atoms with E-state index < -0.39 is 27.1 Å². The van der Waals surface area contributed by atoms with Gasteiger partial charge in [-0.1, -0.05) is 62.3 Å². The van der Waals surface area contributed by atoms with Gasteiger partial charge in [0.05, 0.1) is 23.3 Å². The van der Waals surface area contributed by atoms with Gasteiger partial charge in [0.2, 0.25) is 0 Å². The monoisotopic (exact) mass is 774 g/mol. The largest absolute Gasteiger partial charge is 0.481 e. The molecule has 0 unspecified atom stereocenters. The summed E-state index contributed by atoms with van der Waals surface area (Å²) in [5.41, 5.74) is 6.44. The SMILES string of the molecule is CC(C)[C@@H]1CC[C@]2(NC[C@H](CN)N3CCS(=O)(=O)CC3)CC[C@]3(C)[C@H](CC[C@@H]4[C@@]5(C)CC[C@H](OC(=O)[C@H]6C[C@@H](C(=O)O)C6(C)C)C(C)(C)[C@@H]5CC[C@]43C)[C@@H]12. The van der Waals surface area contributed by atoms with Crippen molar-refractivity contribution in [2.75, 3.05) is 37.7 Å². The van der Waals surface area contributed by atoms with Gasteiger partial charge in [-0.3, -0.25) is 14.5 Å². The number of ether oxygens (including phenoxy) is 1. The highest BCUT2D eigenvalue weighted by molar-refractivity contribution is 7.91. The molecule has 7 fully saturated rings. The highest BCUT2D eigenvalue weighted by Crippen LogP contribution is 2.76. The highest BCUT2D eigenvalue weighted by Gasteiger charge is 2.71. The van der Waals surface area contributed by atoms with Gasteiger partial charge in [-0.05, 0) is 128 Å². The van der Waals surface area contributed by atoms with E-state index in [1.54, 1.807) is 0 Å². The molecule has 1 saturated heterocycles. The van der Waals surface area contributed by atoms with Crippen molar-refractivity contribution in [3.05, 3.63) is 0 Å². The van der Waals surface area contributed by atoms with Gasteiger partial charge in [-0.15, -0.1) is 0 Å². The molecule has 308 valence electrons. The fraction of sp³-hybridized carbons (Fsp3) is 0.955. The molecular formula is C44H75N3O6S. The van der Waals surface area contributed by atoms with Gasteiger partial charge in [-0.2, -0.15) is 0 Å². The van der Waals surface area contributed by atoms with Gasteiger partial charge < -0.3 is 20.9 Å². The minimum Gasteiger partial charge on any atom is -0.481 e. The fourth-order valence-electron chi connectivity index (χ4n) is 15.6. The summed E-state index contributed by atoms with van der Waals surface area (Å²) in [4.78, 5) is 27.7. The Balaban J connectivity index is 1.09. The molecular weight excluding hydrogens is 699 g/mol. The van der Waals surface area contributed by atoms with Crippen LogP contribution >= 0.6 is 0 Å². The first-order chi connectivity index (χ1) is 25.1. The number of carbonyl (C=O) groups excluding carboxylic acids is 1. The second-order valence-corrected chi connectivity index (χ2v) is 24.3. The topological polar surface area (TPSA) is 139 Å². The summed E-state index contributed by atoms with van der Waals surface area (Å²) in [5.74, 6) is 2.35. The van der Waals surface area contributed by atoms with Crippen molar-refractivity contribution >= 4 is 21.8 Å². The summed E-state index contributed by atoms with van der Waals surface area (Å²) >= 11 is 0. The summed E-state index contributed by atoms with van der Waals surface area (Å²) in [6.45, 7) is 24.0. The third kappa shape index (κ3) is 6.08. The van der Waals surface area contributed by atoms with Crippen LogP contribution in [0.1, 0.15) is 133 Å². The van der Waals surface area contributed by atoms with E-state index in [1.807, 2.05) is 13.8 Å². The number of hydrogen-bond donors (Lipinski definition) is 3. The molecule has 7 rings (SSSR count). The molecule has 0 aromatic rings. The van der Waals surface area contributed by atoms with Crippen LogP contribution in [0.25, 0.3) is 0 Å². The number of aliphatic carboxylic acids is 1. The second kappa shape index (κ2) is 13.7. The number of carboxylic acid groups (broad SMARTS) is 1. The zero-order valence-corrected chi connectivity index (χ0v) is 36.0. The molecule has 0 aromatic heterocycles. The summed E-state index contributed by atoms with van der Waals surface area (Å²) in [6, 6.07) is 0.157. The van der Waals surface area contributed by atoms with Crippen LogP contribution < -0.4 is 11.1 Å². The fourth-order valence-corrected chi connectivity index (χ4v) is 16.9. The molecule has 0 aromatic carbocycles. The minimum absolute atomic E-state index is 0.113. The zero-order valence-electron chi connectivity index (χ0n) is 35.2. The summed E-state index contributed by atoms with van der Waals surface area (Å²) < 4.78 is 30.9. The molecule has 13 atom stereocenters. The van der Waals surface area contributed by atoms with E-state index in [0.717, 1.165) is 25.8 Å². The number of carbonyl (C=O) groups is 2. The van der Waals surface area contributed by atoms with E-state index >= 15 is 0 Å². The molecule has 1 aliphatic heterocycles. The van der Waals surface area contributed by atoms with Crippen LogP contribution in [0.3, 0.4) is 0 Å². The van der Waals surface area contributed by atoms with Crippen molar-refractivity contribution in [3.63, 3.8) is 0 Å². The lowest BCUT2D eigenvalue weighted by Gasteiger charge is -2.73. The Kier molecular flexibility index (Phi) is 10.4. The molecule has 0 bridgehead atoms. The average molecular weight is 774 g/mol. The Morgan fingerprint density at radius 3 is 2.13 bits per heavy atom. The summed E-state index contributed by atoms with van der Waals surface area (Å²) in [7, 11) is -2.94. The van der Waals surface area contributed by atoms with Gasteiger partial charge >= 0.3 is 11.9 Å². The zero-order chi connectivity index (χ0) is 39.4. The first-order valence-electron chi connectivity index (χ1n) is 21.9. The predicted octanol–water partition coefficient (Wildman–Crippen LogP) is 6.78. The van der Waals surface area contributed by atoms with Crippen molar-refractivity contribution in [1.82, 2.24) is 10.2 Å². The Morgan fingerprint density at radius 2 is 1.52 bits per heavy atom. The number of esters is 1. The molecule has 4 N–H and O–H groups in total. The maximum Gasteiger partial charge on any atom is 0.309 e. The Labute approximate surface area is 327 Å². The van der Waals surface area contributed by atoms with E-state index in [9.17, 15) is 23.1 Å². The Hall–Kier alpha value is -1.23. The van der Waals surface area contributed by atoms with E-state index in [4.69, 9.17) is 10.5 Å². The van der Waals surface area contributed by atoms with Gasteiger partial charge in [0.15, 0.2) is 9.84 Å². The molecule has 6 saturated carbocycles. The van der Waals surface area contributed by atoms with Crippen molar-refractivity contribution in [2.24, 2.45) is 80.2 Å². The molecule has 0 amide bonds. The van der Waals surface area contributed by atoms with E-state index in [1.165, 1.54) is 44.9 Å². The Bertz CT molecular complexity index is 1570. The van der Waals surface area contributed by atoms with Crippen LogP contribution in [0, 0.1) is 74.4 Å². The second-order valence-electron chi connectivity index (χ2n) is 22.0. The van der Waals surface area contributed by atoms with Gasteiger partial charge in [-0.25, -0.2) is 8.42 Å². The van der Waals surface area contributed by atoms with Gasteiger partial charge in [0.25, 0.3) is 0 Å². The minimum atomic E-state index is -2.94. The molecule has 1 heterocycles. The number of nitrogens with two attached hydrogens (primary N) is 1. The maximum atomic E-state index is 13.6. The van der Waals surface area contributed by atoms with E-state index in [0.29, 0.717) is 61.6 Å². The summed E-state index contributed by atoms with van der Waals surface area (Å²) in [5, 5.41) is 13.9. The molecule has 54 heavy (non-hydrogen) atoms. The van der Waals surface area contributed by atoms with Crippen LogP contribution in [0.4, 0.5) is 0 Å². The van der Waals surface area contributed by atoms with E-state index in [2.05, 4.69) is 58.7 Å². The number of fused-ring (bicyclic) bond motifs is 7. The molecule has 10 heteroatoms. The van der Waals surface area contributed by atoms with Gasteiger partial charge in [0.1, 0.15) is 6.10 Å². The number of sulfone groups is 1. The molecule has 7 aliphatic rings. The number of nitrogens with zero attached hydrogens (tertiary/aromatic N) is 1. The quantitative estimate of drug-likeness (QED) is 0.217. The maximum absolute atomic E-state index is 13.6. The lowest BCUT2D eigenvalue weighted by molar-refractivity contribution is -0.249. The molecule has 9 nitrogen and oxygen atoms in total. The summed E-state index contributed by atoms with van der Waals surface area (Å²) in [6.07, 6.45) is 12.1. The lowest BCUT2D eigenvalue weighted by atomic mass is 9.32. The van der Waals surface area contributed by atoms with Crippen LogP contribution in [-0.4, -0.2) is 85.7 Å². The van der Waals surface area contributed by atoms with Crippen LogP contribution in [0.15, 0.2) is 0 Å². The first-order valence-corrected chi connectivity index (χ1v) is 23.7. The van der Waals surface area contributed by atoms with Crippen LogP contribution in [0.2, 0.25) is 0 Å². The number of rotatable bonds is 9. The number of hydrogen-bond acceptors (Lipinski definition) is 8. The number of carboxylic acids is 1. The molecule has 6 aliphatic carbocycles. The van der Waals surface area contributed by atoms with Crippen molar-refractivity contribution in [3.8, 4) is 0 Å². The lowest BCUT2D eigenvalue weighted by Crippen LogP contribution is -2.69. The number of nitrogens with one attached hydrogen (secondary N) is 1. The average Bonchev–Trinajstić information content (AvgIpc) is 3.47. The third-order valence-electron chi connectivity index (χ3n) is 19.2. The smallest absolute Gasteiger partial charge is 0.309 e. The van der Waals surface area contributed by atoms with Crippen LogP contribution in [0.5, 0.6) is 0 Å². The normalized spacial score (nSPS) is 46.9. The third-order valence-corrected chi connectivity index (χ3v) is 20.9. The molecule has 0 radical (unpaired) electrons. The standard InChI is InChI=1S/C44H75N3O6S/c1-27(2)29-12-17-44(46-26-28(25-45)47-20-22-54(51,52)23-21-47)19-18-42(8)30(36(29)44)10-11-34-41(7)15-14-35(40(5,6)33(41)13-16-43(34,42)9)53-38(50)32-24-31(37(48)49)39(32,3)4/h27-36,46H,10-26,45H2,1-9H3,(H,48,49)/t28-,29-,30+,31-,32+,33-,34+,35-,36+,41-,42+,43+,44-/m0/s1. The predicted molar refractivity (Wildman–Crippen MR) is 213 cm³/mol. The molecule has 0 spiro atoms. The van der Waals surface area contributed by atoms with Crippen LogP contribution in [-0.2, 0) is 24.2 Å². The van der Waals surface area contributed by atoms with E-state index in [-0.39, 0.29) is 62.7 Å². The Morgan fingerprint density at radius 1 is 0.833 bits per heavy atom.